The van der Waals surface area contributed by atoms with Crippen molar-refractivity contribution < 1.29 is 18.3 Å². The number of carbonyl (C=O) groups excluding carboxylic acids is 1. The van der Waals surface area contributed by atoms with Crippen LogP contribution in [0.1, 0.15) is 18.4 Å². The fourth-order valence-electron chi connectivity index (χ4n) is 2.78. The number of aromatic hydroxyl groups is 1. The van der Waals surface area contributed by atoms with E-state index in [1.54, 1.807) is 35.7 Å². The van der Waals surface area contributed by atoms with Gasteiger partial charge in [0.15, 0.2) is 0 Å². The largest absolute Gasteiger partial charge is 0.506 e. The number of thiophene rings is 1. The van der Waals surface area contributed by atoms with Gasteiger partial charge in [-0.1, -0.05) is 12.1 Å². The number of carbonyl (C=O) groups is 1. The summed E-state index contributed by atoms with van der Waals surface area (Å²) in [5.74, 6) is -0.458. The molecular weight excluding hydrogens is 348 g/mol. The molecular formula is C16H18N2O4S2. The molecule has 8 heteroatoms. The molecule has 1 aliphatic heterocycles. The van der Waals surface area contributed by atoms with Crippen LogP contribution in [0.15, 0.2) is 39.9 Å². The number of rotatable bonds is 4. The van der Waals surface area contributed by atoms with Crippen LogP contribution >= 0.6 is 11.3 Å². The first-order chi connectivity index (χ1) is 11.4. The van der Waals surface area contributed by atoms with Gasteiger partial charge in [0.05, 0.1) is 5.69 Å². The Kier molecular flexibility index (Phi) is 4.62. The first-order valence-electron chi connectivity index (χ1n) is 7.55. The van der Waals surface area contributed by atoms with E-state index < -0.39 is 22.0 Å². The van der Waals surface area contributed by atoms with Crippen LogP contribution < -0.4 is 5.32 Å². The third kappa shape index (κ3) is 3.17. The van der Waals surface area contributed by atoms with E-state index in [4.69, 9.17) is 0 Å². The number of anilines is 1. The van der Waals surface area contributed by atoms with Crippen molar-refractivity contribution in [2.45, 2.75) is 30.0 Å². The molecule has 2 heterocycles. The van der Waals surface area contributed by atoms with Crippen LogP contribution in [-0.2, 0) is 14.8 Å². The molecule has 1 amide bonds. The average Bonchev–Trinajstić information content (AvgIpc) is 3.21. The first-order valence-corrected chi connectivity index (χ1v) is 9.87. The third-order valence-corrected chi connectivity index (χ3v) is 7.26. The fraction of sp³-hybridized carbons (Fsp3) is 0.312. The minimum atomic E-state index is -3.67. The van der Waals surface area contributed by atoms with E-state index in [0.717, 1.165) is 16.9 Å². The smallest absolute Gasteiger partial charge is 0.253 e. The van der Waals surface area contributed by atoms with Crippen LogP contribution in [0, 0.1) is 6.92 Å². The summed E-state index contributed by atoms with van der Waals surface area (Å²) in [6, 6.07) is 7.37. The molecule has 128 valence electrons. The molecule has 6 nitrogen and oxygen atoms in total. The maximum atomic E-state index is 12.7. The number of benzene rings is 1. The summed E-state index contributed by atoms with van der Waals surface area (Å²) in [6.07, 6.45) is 1.09. The minimum Gasteiger partial charge on any atom is -0.506 e. The highest BCUT2D eigenvalue weighted by Gasteiger charge is 2.40. The summed E-state index contributed by atoms with van der Waals surface area (Å²) in [5.41, 5.74) is 1.15. The van der Waals surface area contributed by atoms with Gasteiger partial charge in [-0.3, -0.25) is 4.79 Å². The van der Waals surface area contributed by atoms with E-state index in [0.29, 0.717) is 19.4 Å². The zero-order valence-corrected chi connectivity index (χ0v) is 14.7. The summed E-state index contributed by atoms with van der Waals surface area (Å²) in [4.78, 5) is 12.6. The maximum absolute atomic E-state index is 12.7. The number of hydrogen-bond acceptors (Lipinski definition) is 5. The molecule has 0 radical (unpaired) electrons. The lowest BCUT2D eigenvalue weighted by Gasteiger charge is -2.22. The Morgan fingerprint density at radius 3 is 2.83 bits per heavy atom. The summed E-state index contributed by atoms with van der Waals surface area (Å²) < 4.78 is 26.8. The van der Waals surface area contributed by atoms with Crippen molar-refractivity contribution in [1.82, 2.24) is 4.31 Å². The molecule has 2 N–H and O–H groups in total. The van der Waals surface area contributed by atoms with Gasteiger partial charge in [0.1, 0.15) is 16.0 Å². The Balaban J connectivity index is 1.81. The quantitative estimate of drug-likeness (QED) is 0.814. The molecule has 1 atom stereocenters. The van der Waals surface area contributed by atoms with Crippen LogP contribution in [-0.4, -0.2) is 36.3 Å². The molecule has 0 spiro atoms. The van der Waals surface area contributed by atoms with Crippen molar-refractivity contribution in [3.63, 3.8) is 0 Å². The molecule has 0 bridgehead atoms. The minimum absolute atomic E-state index is 0.0333. The van der Waals surface area contributed by atoms with E-state index in [1.165, 1.54) is 4.31 Å². The van der Waals surface area contributed by atoms with Gasteiger partial charge in [0, 0.05) is 6.54 Å². The SMILES string of the molecule is Cc1ccc(NC(=O)[C@@H]2CCCN2S(=O)(=O)c2cccs2)c(O)c1. The van der Waals surface area contributed by atoms with E-state index in [-0.39, 0.29) is 15.6 Å². The van der Waals surface area contributed by atoms with Crippen LogP contribution in [0.4, 0.5) is 5.69 Å². The van der Waals surface area contributed by atoms with Crippen molar-refractivity contribution >= 4 is 33.0 Å². The highest BCUT2D eigenvalue weighted by atomic mass is 32.2. The number of sulfonamides is 1. The Labute approximate surface area is 144 Å². The van der Waals surface area contributed by atoms with Crippen LogP contribution in [0.25, 0.3) is 0 Å². The second-order valence-corrected chi connectivity index (χ2v) is 8.78. The van der Waals surface area contributed by atoms with Gasteiger partial charge in [0.2, 0.25) is 5.91 Å². The molecule has 1 fully saturated rings. The number of amides is 1. The number of hydrogen-bond donors (Lipinski definition) is 2. The molecule has 3 rings (SSSR count). The molecule has 1 saturated heterocycles. The Hall–Kier alpha value is -1.90. The second kappa shape index (κ2) is 6.54. The predicted molar refractivity (Wildman–Crippen MR) is 92.7 cm³/mol. The normalized spacial score (nSPS) is 18.6. The topological polar surface area (TPSA) is 86.7 Å². The highest BCUT2D eigenvalue weighted by molar-refractivity contribution is 7.91. The molecule has 24 heavy (non-hydrogen) atoms. The Bertz CT molecular complexity index is 847. The molecule has 1 aliphatic rings. The summed E-state index contributed by atoms with van der Waals surface area (Å²) in [7, 11) is -3.67. The number of phenolic OH excluding ortho intramolecular Hbond substituents is 1. The van der Waals surface area contributed by atoms with E-state index in [9.17, 15) is 18.3 Å². The van der Waals surface area contributed by atoms with Crippen molar-refractivity contribution in [1.29, 1.82) is 0 Å². The van der Waals surface area contributed by atoms with Crippen LogP contribution in [0.3, 0.4) is 0 Å². The van der Waals surface area contributed by atoms with Gasteiger partial charge in [-0.2, -0.15) is 4.31 Å². The molecule has 0 saturated carbocycles. The lowest BCUT2D eigenvalue weighted by molar-refractivity contribution is -0.119. The van der Waals surface area contributed by atoms with Crippen molar-refractivity contribution in [2.24, 2.45) is 0 Å². The zero-order valence-electron chi connectivity index (χ0n) is 13.1. The summed E-state index contributed by atoms with van der Waals surface area (Å²) in [6.45, 7) is 2.15. The molecule has 1 aromatic carbocycles. The molecule has 1 aromatic heterocycles. The van der Waals surface area contributed by atoms with Gasteiger partial charge in [-0.15, -0.1) is 11.3 Å². The van der Waals surface area contributed by atoms with Crippen LogP contribution in [0.5, 0.6) is 5.75 Å². The Morgan fingerprint density at radius 1 is 1.38 bits per heavy atom. The number of nitrogens with one attached hydrogen (secondary N) is 1. The van der Waals surface area contributed by atoms with Crippen molar-refractivity contribution in [3.8, 4) is 5.75 Å². The van der Waals surface area contributed by atoms with Crippen molar-refractivity contribution in [3.05, 3.63) is 41.3 Å². The summed E-state index contributed by atoms with van der Waals surface area (Å²) >= 11 is 1.14. The predicted octanol–water partition coefficient (Wildman–Crippen LogP) is 2.55. The fourth-order valence-corrected chi connectivity index (χ4v) is 5.56. The molecule has 0 unspecified atom stereocenters. The van der Waals surface area contributed by atoms with Gasteiger partial charge < -0.3 is 10.4 Å². The standard InChI is InChI=1S/C16H18N2O4S2/c1-11-6-7-12(14(19)10-11)17-16(20)13-4-2-8-18(13)24(21,22)15-5-3-9-23-15/h3,5-7,9-10,13,19H,2,4,8H2,1H3,(H,17,20)/t13-/m0/s1. The van der Waals surface area contributed by atoms with Gasteiger partial charge in [-0.05, 0) is 48.9 Å². The lowest BCUT2D eigenvalue weighted by atomic mass is 10.2. The van der Waals surface area contributed by atoms with E-state index in [2.05, 4.69) is 5.32 Å². The van der Waals surface area contributed by atoms with Gasteiger partial charge >= 0.3 is 0 Å². The van der Waals surface area contributed by atoms with Gasteiger partial charge in [-0.25, -0.2) is 8.42 Å². The molecule has 0 aliphatic carbocycles. The number of aryl methyl sites for hydroxylation is 1. The molecule has 2 aromatic rings. The van der Waals surface area contributed by atoms with Crippen molar-refractivity contribution in [2.75, 3.05) is 11.9 Å². The highest BCUT2D eigenvalue weighted by Crippen LogP contribution is 2.30. The van der Waals surface area contributed by atoms with Gasteiger partial charge in [0.25, 0.3) is 10.0 Å². The lowest BCUT2D eigenvalue weighted by Crippen LogP contribution is -2.42. The Morgan fingerprint density at radius 2 is 2.17 bits per heavy atom. The van der Waals surface area contributed by atoms with Crippen LogP contribution in [0.2, 0.25) is 0 Å². The first kappa shape index (κ1) is 16.9. The average molecular weight is 366 g/mol. The number of nitrogens with zero attached hydrogens (tertiary/aromatic N) is 1. The summed E-state index contributed by atoms with van der Waals surface area (Å²) in [5, 5.41) is 14.2. The number of phenols is 1. The monoisotopic (exact) mass is 366 g/mol. The third-order valence-electron chi connectivity index (χ3n) is 3.98. The maximum Gasteiger partial charge on any atom is 0.253 e. The van der Waals surface area contributed by atoms with E-state index in [1.807, 2.05) is 6.92 Å². The zero-order chi connectivity index (χ0) is 17.3. The second-order valence-electron chi connectivity index (χ2n) is 5.72. The van der Waals surface area contributed by atoms with E-state index >= 15 is 0 Å².